The zero-order valence-corrected chi connectivity index (χ0v) is 10.9. The van der Waals surface area contributed by atoms with E-state index in [9.17, 15) is 14.9 Å². The number of hydrogen-bond donors (Lipinski definition) is 2. The molecule has 1 atom stereocenters. The maximum Gasteiger partial charge on any atom is 0.269 e. The molecule has 2 rings (SSSR count). The number of aromatic amines is 1. The highest BCUT2D eigenvalue weighted by Gasteiger charge is 2.17. The first-order chi connectivity index (χ1) is 9.58. The molecule has 2 aromatic rings. The van der Waals surface area contributed by atoms with Crippen molar-refractivity contribution < 1.29 is 9.72 Å². The number of imidazole rings is 1. The Bertz CT molecular complexity index is 610. The third kappa shape index (κ3) is 3.19. The Morgan fingerprint density at radius 1 is 1.55 bits per heavy atom. The number of rotatable bonds is 5. The average molecular weight is 274 g/mol. The summed E-state index contributed by atoms with van der Waals surface area (Å²) in [7, 11) is 0. The number of hydrogen-bond acceptors (Lipinski definition) is 4. The van der Waals surface area contributed by atoms with Crippen molar-refractivity contribution in [1.82, 2.24) is 15.3 Å². The number of carbonyl (C=O) groups excluding carboxylic acids is 1. The molecule has 104 valence electrons. The molecule has 1 unspecified atom stereocenters. The average Bonchev–Trinajstić information content (AvgIpc) is 2.97. The minimum absolute atomic E-state index is 0.0179. The molecule has 1 heterocycles. The van der Waals surface area contributed by atoms with Crippen molar-refractivity contribution in [2.75, 3.05) is 0 Å². The normalized spacial score (nSPS) is 11.8. The Morgan fingerprint density at radius 2 is 2.35 bits per heavy atom. The first-order valence-corrected chi connectivity index (χ1v) is 6.07. The van der Waals surface area contributed by atoms with Gasteiger partial charge in [0.25, 0.3) is 5.69 Å². The molecule has 20 heavy (non-hydrogen) atoms. The predicted molar refractivity (Wildman–Crippen MR) is 71.9 cm³/mol. The number of nitro benzene ring substituents is 1. The molecular formula is C13H14N4O3. The third-order valence-electron chi connectivity index (χ3n) is 2.98. The Labute approximate surface area is 115 Å². The van der Waals surface area contributed by atoms with Crippen molar-refractivity contribution in [2.24, 2.45) is 0 Å². The zero-order valence-electron chi connectivity index (χ0n) is 10.9. The number of H-pyrrole nitrogens is 1. The van der Waals surface area contributed by atoms with Gasteiger partial charge >= 0.3 is 0 Å². The molecule has 1 aromatic heterocycles. The zero-order chi connectivity index (χ0) is 14.5. The molecule has 0 saturated carbocycles. The Balaban J connectivity index is 2.02. The van der Waals surface area contributed by atoms with E-state index in [0.717, 1.165) is 5.69 Å². The van der Waals surface area contributed by atoms with Crippen LogP contribution in [0.15, 0.2) is 36.8 Å². The molecular weight excluding hydrogens is 260 g/mol. The summed E-state index contributed by atoms with van der Waals surface area (Å²) in [5.41, 5.74) is 1.39. The van der Waals surface area contributed by atoms with E-state index in [0.29, 0.717) is 12.1 Å². The number of benzene rings is 1. The summed E-state index contributed by atoms with van der Waals surface area (Å²) in [4.78, 5) is 29.0. The summed E-state index contributed by atoms with van der Waals surface area (Å²) in [6.07, 6.45) is 3.16. The fourth-order valence-electron chi connectivity index (χ4n) is 1.78. The highest BCUT2D eigenvalue weighted by molar-refractivity contribution is 5.83. The van der Waals surface area contributed by atoms with Gasteiger partial charge in [0, 0.05) is 18.3 Å². The third-order valence-corrected chi connectivity index (χ3v) is 2.98. The van der Waals surface area contributed by atoms with E-state index >= 15 is 0 Å². The van der Waals surface area contributed by atoms with Crippen LogP contribution in [-0.4, -0.2) is 20.8 Å². The van der Waals surface area contributed by atoms with Crippen molar-refractivity contribution in [2.45, 2.75) is 19.4 Å². The number of non-ortho nitro benzene ring substituents is 1. The van der Waals surface area contributed by atoms with Crippen LogP contribution in [0.4, 0.5) is 5.69 Å². The summed E-state index contributed by atoms with van der Waals surface area (Å²) >= 11 is 0. The lowest BCUT2D eigenvalue weighted by atomic mass is 10.00. The molecule has 1 aromatic carbocycles. The molecule has 0 bridgehead atoms. The van der Waals surface area contributed by atoms with E-state index in [4.69, 9.17) is 0 Å². The van der Waals surface area contributed by atoms with Gasteiger partial charge in [-0.3, -0.25) is 14.9 Å². The number of carbonyl (C=O) groups is 1. The first kappa shape index (κ1) is 13.7. The molecule has 7 nitrogen and oxygen atoms in total. The summed E-state index contributed by atoms with van der Waals surface area (Å²) in [5.74, 6) is -0.655. The van der Waals surface area contributed by atoms with E-state index < -0.39 is 10.8 Å². The second kappa shape index (κ2) is 5.96. The van der Waals surface area contributed by atoms with Crippen LogP contribution < -0.4 is 5.32 Å². The summed E-state index contributed by atoms with van der Waals surface area (Å²) in [6, 6.07) is 6.10. The molecule has 2 N–H and O–H groups in total. The van der Waals surface area contributed by atoms with E-state index in [1.807, 2.05) is 0 Å². The number of amides is 1. The van der Waals surface area contributed by atoms with Crippen LogP contribution in [-0.2, 0) is 11.3 Å². The second-order valence-corrected chi connectivity index (χ2v) is 4.37. The topological polar surface area (TPSA) is 101 Å². The molecule has 0 aliphatic carbocycles. The molecule has 0 aliphatic heterocycles. The van der Waals surface area contributed by atoms with Crippen LogP contribution in [0.1, 0.15) is 24.1 Å². The molecule has 0 fully saturated rings. The minimum atomic E-state index is -0.473. The molecule has 0 radical (unpaired) electrons. The van der Waals surface area contributed by atoms with Crippen molar-refractivity contribution in [3.05, 3.63) is 58.2 Å². The van der Waals surface area contributed by atoms with Gasteiger partial charge in [0.1, 0.15) is 0 Å². The van der Waals surface area contributed by atoms with Crippen LogP contribution in [0.5, 0.6) is 0 Å². The molecule has 0 aliphatic rings. The SMILES string of the molecule is CC(C(=O)NCc1cnc[nH]1)c1cccc([N+](=O)[O-])c1. The lowest BCUT2D eigenvalue weighted by Gasteiger charge is -2.11. The fourth-order valence-corrected chi connectivity index (χ4v) is 1.78. The Morgan fingerprint density at radius 3 is 3.00 bits per heavy atom. The van der Waals surface area contributed by atoms with E-state index in [1.165, 1.54) is 18.5 Å². The quantitative estimate of drug-likeness (QED) is 0.640. The largest absolute Gasteiger partial charge is 0.350 e. The van der Waals surface area contributed by atoms with Crippen molar-refractivity contribution in [3.63, 3.8) is 0 Å². The number of nitrogens with one attached hydrogen (secondary N) is 2. The van der Waals surface area contributed by atoms with Gasteiger partial charge in [-0.2, -0.15) is 0 Å². The molecule has 0 spiro atoms. The fraction of sp³-hybridized carbons (Fsp3) is 0.231. The van der Waals surface area contributed by atoms with E-state index in [1.54, 1.807) is 25.3 Å². The second-order valence-electron chi connectivity index (χ2n) is 4.37. The molecule has 0 saturated heterocycles. The van der Waals surface area contributed by atoms with Crippen molar-refractivity contribution in [3.8, 4) is 0 Å². The predicted octanol–water partition coefficient (Wildman–Crippen LogP) is 1.74. The van der Waals surface area contributed by atoms with Gasteiger partial charge < -0.3 is 10.3 Å². The lowest BCUT2D eigenvalue weighted by Crippen LogP contribution is -2.27. The van der Waals surface area contributed by atoms with Gasteiger partial charge in [-0.05, 0) is 12.5 Å². The number of nitrogens with zero attached hydrogens (tertiary/aromatic N) is 2. The smallest absolute Gasteiger partial charge is 0.269 e. The van der Waals surface area contributed by atoms with Gasteiger partial charge in [0.15, 0.2) is 0 Å². The van der Waals surface area contributed by atoms with E-state index in [2.05, 4.69) is 15.3 Å². The number of aromatic nitrogens is 2. The van der Waals surface area contributed by atoms with Crippen LogP contribution in [0.25, 0.3) is 0 Å². The highest BCUT2D eigenvalue weighted by Crippen LogP contribution is 2.20. The maximum atomic E-state index is 12.0. The molecule has 1 amide bonds. The van der Waals surface area contributed by atoms with Gasteiger partial charge in [-0.15, -0.1) is 0 Å². The van der Waals surface area contributed by atoms with Gasteiger partial charge in [-0.1, -0.05) is 12.1 Å². The summed E-state index contributed by atoms with van der Waals surface area (Å²) < 4.78 is 0. The van der Waals surface area contributed by atoms with Crippen molar-refractivity contribution >= 4 is 11.6 Å². The standard InChI is InChI=1S/C13H14N4O3/c1-9(10-3-2-4-12(5-10)17(19)20)13(18)15-7-11-6-14-8-16-11/h2-6,8-9H,7H2,1H3,(H,14,16)(H,15,18). The van der Waals surface area contributed by atoms with Gasteiger partial charge in [0.2, 0.25) is 5.91 Å². The molecule has 7 heteroatoms. The first-order valence-electron chi connectivity index (χ1n) is 6.07. The van der Waals surface area contributed by atoms with Crippen LogP contribution >= 0.6 is 0 Å². The lowest BCUT2D eigenvalue weighted by molar-refractivity contribution is -0.384. The Kier molecular flexibility index (Phi) is 4.09. The summed E-state index contributed by atoms with van der Waals surface area (Å²) in [5, 5.41) is 13.5. The Hall–Kier alpha value is -2.70. The van der Waals surface area contributed by atoms with Gasteiger partial charge in [-0.25, -0.2) is 4.98 Å². The number of nitro groups is 1. The maximum absolute atomic E-state index is 12.0. The van der Waals surface area contributed by atoms with Crippen LogP contribution in [0.3, 0.4) is 0 Å². The van der Waals surface area contributed by atoms with Crippen LogP contribution in [0, 0.1) is 10.1 Å². The van der Waals surface area contributed by atoms with Crippen LogP contribution in [0.2, 0.25) is 0 Å². The summed E-state index contributed by atoms with van der Waals surface area (Å²) in [6.45, 7) is 2.06. The highest BCUT2D eigenvalue weighted by atomic mass is 16.6. The van der Waals surface area contributed by atoms with Crippen molar-refractivity contribution in [1.29, 1.82) is 0 Å². The van der Waals surface area contributed by atoms with Gasteiger partial charge in [0.05, 0.1) is 29.4 Å². The minimum Gasteiger partial charge on any atom is -0.350 e. The van der Waals surface area contributed by atoms with E-state index in [-0.39, 0.29) is 11.6 Å². The monoisotopic (exact) mass is 274 g/mol.